The number of hydrogen-bond acceptors (Lipinski definition) is 6. The number of nitro benzene ring substituents is 1. The second kappa shape index (κ2) is 8.58. The molecule has 0 spiro atoms. The van der Waals surface area contributed by atoms with Crippen LogP contribution in [0.2, 0.25) is 0 Å². The van der Waals surface area contributed by atoms with Gasteiger partial charge in [-0.25, -0.2) is 8.42 Å². The van der Waals surface area contributed by atoms with Gasteiger partial charge in [0.05, 0.1) is 9.82 Å². The molecular formula is C19H22N4O5S. The number of benzene rings is 2. The lowest BCUT2D eigenvalue weighted by Crippen LogP contribution is -2.48. The van der Waals surface area contributed by atoms with E-state index >= 15 is 0 Å². The zero-order valence-electron chi connectivity index (χ0n) is 15.9. The molecule has 1 saturated heterocycles. The van der Waals surface area contributed by atoms with E-state index in [-0.39, 0.29) is 16.5 Å². The first-order valence-electron chi connectivity index (χ1n) is 9.20. The molecule has 1 fully saturated rings. The van der Waals surface area contributed by atoms with Crippen LogP contribution in [0.25, 0.3) is 0 Å². The summed E-state index contributed by atoms with van der Waals surface area (Å²) in [6, 6.07) is 12.4. The second-order valence-electron chi connectivity index (χ2n) is 6.59. The van der Waals surface area contributed by atoms with Crippen LogP contribution in [0.3, 0.4) is 0 Å². The standard InChI is InChI=1S/C19H22N4O5S/c1-2-19(24)20-15-3-9-18(10-4-15)29(27,28)22-13-11-21(12-14-22)16-5-7-17(8-6-16)23(25)26/h3-10H,2,11-14H2,1H3,(H,20,24). The van der Waals surface area contributed by atoms with E-state index < -0.39 is 14.9 Å². The summed E-state index contributed by atoms with van der Waals surface area (Å²) >= 11 is 0. The van der Waals surface area contributed by atoms with Crippen LogP contribution in [0, 0.1) is 10.1 Å². The van der Waals surface area contributed by atoms with Gasteiger partial charge in [-0.05, 0) is 36.4 Å². The Bertz CT molecular complexity index is 982. The number of rotatable bonds is 6. The first-order chi connectivity index (χ1) is 13.8. The second-order valence-corrected chi connectivity index (χ2v) is 8.53. The Morgan fingerprint density at radius 3 is 2.14 bits per heavy atom. The summed E-state index contributed by atoms with van der Waals surface area (Å²) in [5.74, 6) is -0.136. The lowest BCUT2D eigenvalue weighted by Gasteiger charge is -2.35. The number of anilines is 2. The molecule has 1 N–H and O–H groups in total. The van der Waals surface area contributed by atoms with E-state index in [0.717, 1.165) is 5.69 Å². The summed E-state index contributed by atoms with van der Waals surface area (Å²) in [7, 11) is -3.63. The van der Waals surface area contributed by atoms with Gasteiger partial charge in [0.1, 0.15) is 0 Å². The normalized spacial score (nSPS) is 15.1. The molecule has 2 aromatic rings. The average molecular weight is 418 g/mol. The molecule has 1 amide bonds. The van der Waals surface area contributed by atoms with Gasteiger partial charge >= 0.3 is 0 Å². The molecule has 9 nitrogen and oxygen atoms in total. The lowest BCUT2D eigenvalue weighted by molar-refractivity contribution is -0.384. The molecule has 10 heteroatoms. The van der Waals surface area contributed by atoms with Gasteiger partial charge in [-0.3, -0.25) is 14.9 Å². The maximum Gasteiger partial charge on any atom is 0.269 e. The number of amides is 1. The van der Waals surface area contributed by atoms with Gasteiger partial charge in [0, 0.05) is 56.1 Å². The molecule has 0 bridgehead atoms. The fraction of sp³-hybridized carbons (Fsp3) is 0.316. The van der Waals surface area contributed by atoms with Gasteiger partial charge in [0.25, 0.3) is 5.69 Å². The molecule has 0 unspecified atom stereocenters. The monoisotopic (exact) mass is 418 g/mol. The predicted molar refractivity (Wildman–Crippen MR) is 109 cm³/mol. The van der Waals surface area contributed by atoms with E-state index in [1.54, 1.807) is 31.2 Å². The van der Waals surface area contributed by atoms with Gasteiger partial charge < -0.3 is 10.2 Å². The Hall–Kier alpha value is -2.98. The van der Waals surface area contributed by atoms with Crippen LogP contribution in [-0.2, 0) is 14.8 Å². The number of nitrogens with one attached hydrogen (secondary N) is 1. The van der Waals surface area contributed by atoms with Crippen molar-refractivity contribution < 1.29 is 18.1 Å². The van der Waals surface area contributed by atoms with Crippen molar-refractivity contribution in [3.05, 3.63) is 58.6 Å². The first kappa shape index (κ1) is 20.7. The fourth-order valence-corrected chi connectivity index (χ4v) is 4.50. The summed E-state index contributed by atoms with van der Waals surface area (Å²) in [4.78, 5) is 23.9. The third kappa shape index (κ3) is 4.72. The number of hydrogen-bond donors (Lipinski definition) is 1. The molecule has 1 heterocycles. The predicted octanol–water partition coefficient (Wildman–Crippen LogP) is 2.45. The van der Waals surface area contributed by atoms with E-state index in [9.17, 15) is 23.3 Å². The number of piperazine rings is 1. The van der Waals surface area contributed by atoms with Gasteiger partial charge in [0.15, 0.2) is 0 Å². The lowest BCUT2D eigenvalue weighted by atomic mass is 10.2. The minimum atomic E-state index is -3.63. The van der Waals surface area contributed by atoms with Crippen LogP contribution in [0.5, 0.6) is 0 Å². The van der Waals surface area contributed by atoms with Crippen LogP contribution in [0.1, 0.15) is 13.3 Å². The van der Waals surface area contributed by atoms with Gasteiger partial charge in [0.2, 0.25) is 15.9 Å². The molecular weight excluding hydrogens is 396 g/mol. The number of sulfonamides is 1. The summed E-state index contributed by atoms with van der Waals surface area (Å²) in [5.41, 5.74) is 1.40. The Labute approximate surface area is 169 Å². The van der Waals surface area contributed by atoms with E-state index in [1.165, 1.54) is 28.6 Å². The molecule has 0 atom stereocenters. The molecule has 2 aromatic carbocycles. The van der Waals surface area contributed by atoms with Gasteiger partial charge in [-0.15, -0.1) is 0 Å². The Balaban J connectivity index is 1.64. The Kier molecular flexibility index (Phi) is 6.14. The van der Waals surface area contributed by atoms with Gasteiger partial charge in [-0.2, -0.15) is 4.31 Å². The molecule has 154 valence electrons. The number of carbonyl (C=O) groups excluding carboxylic acids is 1. The summed E-state index contributed by atoms with van der Waals surface area (Å²) < 4.78 is 27.2. The smallest absolute Gasteiger partial charge is 0.269 e. The molecule has 29 heavy (non-hydrogen) atoms. The van der Waals surface area contributed by atoms with Crippen molar-refractivity contribution in [1.29, 1.82) is 0 Å². The van der Waals surface area contributed by atoms with Gasteiger partial charge in [-0.1, -0.05) is 6.92 Å². The molecule has 3 rings (SSSR count). The number of carbonyl (C=O) groups is 1. The molecule has 0 radical (unpaired) electrons. The van der Waals surface area contributed by atoms with Crippen molar-refractivity contribution in [3.63, 3.8) is 0 Å². The Morgan fingerprint density at radius 1 is 1.03 bits per heavy atom. The largest absolute Gasteiger partial charge is 0.369 e. The van der Waals surface area contributed by atoms with E-state index in [4.69, 9.17) is 0 Å². The maximum atomic E-state index is 12.9. The highest BCUT2D eigenvalue weighted by molar-refractivity contribution is 7.89. The van der Waals surface area contributed by atoms with Crippen molar-refractivity contribution in [2.24, 2.45) is 0 Å². The highest BCUT2D eigenvalue weighted by Gasteiger charge is 2.28. The zero-order chi connectivity index (χ0) is 21.0. The van der Waals surface area contributed by atoms with Crippen LogP contribution >= 0.6 is 0 Å². The number of nitro groups is 1. The Morgan fingerprint density at radius 2 is 1.62 bits per heavy atom. The van der Waals surface area contributed by atoms with Crippen LogP contribution < -0.4 is 10.2 Å². The summed E-state index contributed by atoms with van der Waals surface area (Å²) in [6.45, 7) is 3.34. The SMILES string of the molecule is CCC(=O)Nc1ccc(S(=O)(=O)N2CCN(c3ccc([N+](=O)[O-])cc3)CC2)cc1. The topological polar surface area (TPSA) is 113 Å². The number of nitrogens with zero attached hydrogens (tertiary/aromatic N) is 3. The average Bonchev–Trinajstić information content (AvgIpc) is 2.74. The minimum Gasteiger partial charge on any atom is -0.369 e. The molecule has 1 aliphatic heterocycles. The third-order valence-electron chi connectivity index (χ3n) is 4.76. The molecule has 1 aliphatic rings. The molecule has 0 aliphatic carbocycles. The summed E-state index contributed by atoms with van der Waals surface area (Å²) in [5, 5.41) is 13.5. The quantitative estimate of drug-likeness (QED) is 0.570. The van der Waals surface area contributed by atoms with Crippen LogP contribution in [-0.4, -0.2) is 49.7 Å². The van der Waals surface area contributed by atoms with Crippen molar-refractivity contribution in [3.8, 4) is 0 Å². The number of non-ortho nitro benzene ring substituents is 1. The molecule has 0 saturated carbocycles. The van der Waals surface area contributed by atoms with Crippen molar-refractivity contribution >= 4 is 33.0 Å². The van der Waals surface area contributed by atoms with E-state index in [2.05, 4.69) is 5.32 Å². The van der Waals surface area contributed by atoms with Crippen molar-refractivity contribution in [1.82, 2.24) is 4.31 Å². The first-order valence-corrected chi connectivity index (χ1v) is 10.6. The van der Waals surface area contributed by atoms with E-state index in [1.807, 2.05) is 4.90 Å². The van der Waals surface area contributed by atoms with Crippen molar-refractivity contribution in [2.75, 3.05) is 36.4 Å². The van der Waals surface area contributed by atoms with E-state index in [0.29, 0.717) is 38.3 Å². The van der Waals surface area contributed by atoms with Crippen LogP contribution in [0.4, 0.5) is 17.1 Å². The summed E-state index contributed by atoms with van der Waals surface area (Å²) in [6.07, 6.45) is 0.346. The fourth-order valence-electron chi connectivity index (χ4n) is 3.08. The highest BCUT2D eigenvalue weighted by atomic mass is 32.2. The third-order valence-corrected chi connectivity index (χ3v) is 6.67. The zero-order valence-corrected chi connectivity index (χ0v) is 16.8. The highest BCUT2D eigenvalue weighted by Crippen LogP contribution is 2.24. The minimum absolute atomic E-state index is 0.0218. The molecule has 0 aromatic heterocycles. The van der Waals surface area contributed by atoms with Crippen LogP contribution in [0.15, 0.2) is 53.4 Å². The maximum absolute atomic E-state index is 12.9. The van der Waals surface area contributed by atoms with Crippen molar-refractivity contribution in [2.45, 2.75) is 18.2 Å².